The topological polar surface area (TPSA) is 93.8 Å². The number of rotatable bonds is 6. The number of carbonyl (C=O) groups excluding carboxylic acids is 2. The number of halogens is 1. The first kappa shape index (κ1) is 17.5. The Kier molecular flexibility index (Phi) is 5.92. The summed E-state index contributed by atoms with van der Waals surface area (Å²) >= 11 is 6.04. The van der Waals surface area contributed by atoms with Gasteiger partial charge in [0, 0.05) is 5.56 Å². The quantitative estimate of drug-likeness (QED) is 0.621. The van der Waals surface area contributed by atoms with Crippen molar-refractivity contribution in [1.29, 1.82) is 0 Å². The van der Waals surface area contributed by atoms with E-state index < -0.39 is 5.91 Å². The molecule has 0 unspecified atom stereocenters. The molecule has 2 rings (SSSR count). The molecule has 0 saturated carbocycles. The highest BCUT2D eigenvalue weighted by molar-refractivity contribution is 6.32. The lowest BCUT2D eigenvalue weighted by Crippen LogP contribution is -2.20. The number of amides is 2. The number of aryl methyl sites for hydroxylation is 1. The average molecular weight is 346 g/mol. The molecule has 0 atom stereocenters. The molecule has 2 amide bonds. The summed E-state index contributed by atoms with van der Waals surface area (Å²) in [7, 11) is 0. The maximum Gasteiger partial charge on any atom is 0.271 e. The number of primary amides is 1. The maximum atomic E-state index is 11.9. The van der Waals surface area contributed by atoms with Gasteiger partial charge in [0.05, 0.1) is 11.2 Å². The van der Waals surface area contributed by atoms with Crippen LogP contribution >= 0.6 is 11.6 Å². The van der Waals surface area contributed by atoms with E-state index in [1.54, 1.807) is 30.3 Å². The Morgan fingerprint density at radius 2 is 1.96 bits per heavy atom. The highest BCUT2D eigenvalue weighted by atomic mass is 35.5. The van der Waals surface area contributed by atoms with Crippen molar-refractivity contribution in [3.63, 3.8) is 0 Å². The molecule has 3 N–H and O–H groups in total. The van der Waals surface area contributed by atoms with E-state index in [4.69, 9.17) is 22.1 Å². The molecule has 7 heteroatoms. The van der Waals surface area contributed by atoms with E-state index in [2.05, 4.69) is 10.5 Å². The highest BCUT2D eigenvalue weighted by Crippen LogP contribution is 2.24. The summed E-state index contributed by atoms with van der Waals surface area (Å²) in [5, 5.41) is 4.20. The van der Waals surface area contributed by atoms with Crippen molar-refractivity contribution in [1.82, 2.24) is 5.43 Å². The Labute approximate surface area is 144 Å². The van der Waals surface area contributed by atoms with Gasteiger partial charge in [-0.2, -0.15) is 5.10 Å². The van der Waals surface area contributed by atoms with Crippen molar-refractivity contribution in [3.8, 4) is 5.75 Å². The summed E-state index contributed by atoms with van der Waals surface area (Å²) in [5.74, 6) is -0.550. The number of benzene rings is 2. The Morgan fingerprint density at radius 1 is 1.25 bits per heavy atom. The summed E-state index contributed by atoms with van der Waals surface area (Å²) in [6.45, 7) is 1.69. The van der Waals surface area contributed by atoms with Crippen molar-refractivity contribution in [2.24, 2.45) is 10.8 Å². The molecule has 0 aliphatic rings. The van der Waals surface area contributed by atoms with Crippen molar-refractivity contribution in [3.05, 3.63) is 64.2 Å². The lowest BCUT2D eigenvalue weighted by Gasteiger charge is -2.06. The van der Waals surface area contributed by atoms with Gasteiger partial charge in [-0.1, -0.05) is 29.3 Å². The Bertz CT molecular complexity index is 773. The summed E-state index contributed by atoms with van der Waals surface area (Å²) in [5.41, 5.74) is 9.69. The number of nitrogens with two attached hydrogens (primary N) is 1. The first-order valence-corrected chi connectivity index (χ1v) is 7.44. The second-order valence-corrected chi connectivity index (χ2v) is 5.42. The first-order valence-electron chi connectivity index (χ1n) is 7.06. The molecule has 24 heavy (non-hydrogen) atoms. The number of nitrogens with one attached hydrogen (secondary N) is 1. The number of ether oxygens (including phenoxy) is 1. The minimum absolute atomic E-state index is 0.250. The lowest BCUT2D eigenvalue weighted by molar-refractivity contribution is -0.119. The Balaban J connectivity index is 1.96. The fraction of sp³-hybridized carbons (Fsp3) is 0.118. The molecule has 6 nitrogen and oxygen atoms in total. The van der Waals surface area contributed by atoms with Crippen LogP contribution in [0.3, 0.4) is 0 Å². The Hall–Kier alpha value is -2.86. The van der Waals surface area contributed by atoms with Crippen molar-refractivity contribution < 1.29 is 14.3 Å². The third-order valence-electron chi connectivity index (χ3n) is 3.02. The van der Waals surface area contributed by atoms with Gasteiger partial charge >= 0.3 is 0 Å². The van der Waals surface area contributed by atoms with Crippen LogP contribution in [0.2, 0.25) is 5.02 Å². The van der Waals surface area contributed by atoms with Crippen LogP contribution in [0.25, 0.3) is 0 Å². The minimum atomic E-state index is -0.587. The largest absolute Gasteiger partial charge is 0.482 e. The van der Waals surface area contributed by atoms with Crippen molar-refractivity contribution >= 4 is 29.6 Å². The predicted octanol–water partition coefficient (Wildman–Crippen LogP) is 2.28. The SMILES string of the molecule is Cc1ccc(C(=O)N/N=C/c2ccc(OCC(N)=O)c(Cl)c2)cc1. The van der Waals surface area contributed by atoms with Gasteiger partial charge in [0.15, 0.2) is 6.61 Å². The molecular formula is C17H16ClN3O3. The van der Waals surface area contributed by atoms with Gasteiger partial charge in [-0.15, -0.1) is 0 Å². The minimum Gasteiger partial charge on any atom is -0.482 e. The normalized spacial score (nSPS) is 10.6. The van der Waals surface area contributed by atoms with Crippen LogP contribution < -0.4 is 15.9 Å². The number of hydrogen-bond donors (Lipinski definition) is 2. The van der Waals surface area contributed by atoms with E-state index in [9.17, 15) is 9.59 Å². The third-order valence-corrected chi connectivity index (χ3v) is 3.31. The third kappa shape index (κ3) is 5.10. The van der Waals surface area contributed by atoms with E-state index in [0.29, 0.717) is 21.9 Å². The van der Waals surface area contributed by atoms with Gasteiger partial charge in [-0.3, -0.25) is 9.59 Å². The fourth-order valence-corrected chi connectivity index (χ4v) is 2.04. The molecule has 0 aliphatic carbocycles. The van der Waals surface area contributed by atoms with E-state index in [0.717, 1.165) is 5.56 Å². The molecule has 0 bridgehead atoms. The van der Waals surface area contributed by atoms with Crippen molar-refractivity contribution in [2.75, 3.05) is 6.61 Å². The zero-order chi connectivity index (χ0) is 17.5. The highest BCUT2D eigenvalue weighted by Gasteiger charge is 2.05. The number of carbonyl (C=O) groups is 2. The molecule has 0 heterocycles. The van der Waals surface area contributed by atoms with Gasteiger partial charge in [-0.25, -0.2) is 5.43 Å². The Morgan fingerprint density at radius 3 is 2.58 bits per heavy atom. The summed E-state index contributed by atoms with van der Waals surface area (Å²) < 4.78 is 5.14. The fourth-order valence-electron chi connectivity index (χ4n) is 1.80. The van der Waals surface area contributed by atoms with E-state index >= 15 is 0 Å². The van der Waals surface area contributed by atoms with Crippen molar-refractivity contribution in [2.45, 2.75) is 6.92 Å². The molecule has 0 aromatic heterocycles. The number of nitrogens with zero attached hydrogens (tertiary/aromatic N) is 1. The molecule has 124 valence electrons. The van der Waals surface area contributed by atoms with E-state index in [1.165, 1.54) is 6.21 Å². The number of hydrazone groups is 1. The zero-order valence-corrected chi connectivity index (χ0v) is 13.7. The van der Waals surface area contributed by atoms with Gasteiger partial charge in [-0.05, 0) is 42.8 Å². The van der Waals surface area contributed by atoms with Crippen LogP contribution in [-0.2, 0) is 4.79 Å². The first-order chi connectivity index (χ1) is 11.5. The van der Waals surface area contributed by atoms with Gasteiger partial charge in [0.2, 0.25) is 0 Å². The van der Waals surface area contributed by atoms with Crippen LogP contribution in [-0.4, -0.2) is 24.6 Å². The van der Waals surface area contributed by atoms with Crippen LogP contribution in [0.1, 0.15) is 21.5 Å². The zero-order valence-electron chi connectivity index (χ0n) is 13.0. The molecule has 0 spiro atoms. The summed E-state index contributed by atoms with van der Waals surface area (Å²) in [6, 6.07) is 12.0. The van der Waals surface area contributed by atoms with Crippen LogP contribution in [0.4, 0.5) is 0 Å². The molecule has 0 radical (unpaired) electrons. The van der Waals surface area contributed by atoms with Crippen LogP contribution in [0, 0.1) is 6.92 Å². The summed E-state index contributed by atoms with van der Waals surface area (Å²) in [6.07, 6.45) is 1.45. The molecule has 2 aromatic rings. The molecule has 2 aromatic carbocycles. The number of hydrogen-bond acceptors (Lipinski definition) is 4. The standard InChI is InChI=1S/C17H16ClN3O3/c1-11-2-5-13(6-3-11)17(23)21-20-9-12-4-7-15(14(18)8-12)24-10-16(19)22/h2-9H,10H2,1H3,(H2,19,22)(H,21,23)/b20-9+. The van der Waals surface area contributed by atoms with Gasteiger partial charge < -0.3 is 10.5 Å². The van der Waals surface area contributed by atoms with E-state index in [-0.39, 0.29) is 12.5 Å². The molecule has 0 saturated heterocycles. The molecule has 0 aliphatic heterocycles. The second kappa shape index (κ2) is 8.12. The lowest BCUT2D eigenvalue weighted by atomic mass is 10.1. The van der Waals surface area contributed by atoms with Crippen LogP contribution in [0.15, 0.2) is 47.6 Å². The second-order valence-electron chi connectivity index (χ2n) is 5.01. The van der Waals surface area contributed by atoms with Gasteiger partial charge in [0.25, 0.3) is 11.8 Å². The molecular weight excluding hydrogens is 330 g/mol. The van der Waals surface area contributed by atoms with Gasteiger partial charge in [0.1, 0.15) is 5.75 Å². The molecule has 0 fully saturated rings. The van der Waals surface area contributed by atoms with E-state index in [1.807, 2.05) is 19.1 Å². The predicted molar refractivity (Wildman–Crippen MR) is 92.4 cm³/mol. The van der Waals surface area contributed by atoms with Crippen LogP contribution in [0.5, 0.6) is 5.75 Å². The smallest absolute Gasteiger partial charge is 0.271 e. The summed E-state index contributed by atoms with van der Waals surface area (Å²) in [4.78, 5) is 22.6. The maximum absolute atomic E-state index is 11.9. The average Bonchev–Trinajstić information content (AvgIpc) is 2.54. The monoisotopic (exact) mass is 345 g/mol.